The van der Waals surface area contributed by atoms with Gasteiger partial charge in [0.2, 0.25) is 11.8 Å². The number of carbonyl (C=O) groups excluding carboxylic acids is 1. The summed E-state index contributed by atoms with van der Waals surface area (Å²) in [5.41, 5.74) is 2.00. The Morgan fingerprint density at radius 2 is 2.40 bits per heavy atom. The molecule has 2 aromatic rings. The molecule has 1 aliphatic heterocycles. The van der Waals surface area contributed by atoms with Gasteiger partial charge in [0.15, 0.2) is 0 Å². The zero-order valence-corrected chi connectivity index (χ0v) is 11.7. The molecule has 6 heteroatoms. The number of carbonyl (C=O) groups is 1. The van der Waals surface area contributed by atoms with Gasteiger partial charge < -0.3 is 9.09 Å². The summed E-state index contributed by atoms with van der Waals surface area (Å²) in [5, 5.41) is 6.48. The van der Waals surface area contributed by atoms with Gasteiger partial charge in [0, 0.05) is 37.1 Å². The van der Waals surface area contributed by atoms with Gasteiger partial charge in [-0.15, -0.1) is 0 Å². The molecule has 1 amide bonds. The fourth-order valence-corrected chi connectivity index (χ4v) is 2.63. The number of hydrogen-bond donors (Lipinski definition) is 1. The van der Waals surface area contributed by atoms with Crippen LogP contribution in [0.3, 0.4) is 0 Å². The van der Waals surface area contributed by atoms with E-state index in [4.69, 9.17) is 4.52 Å². The third-order valence-electron chi connectivity index (χ3n) is 3.71. The van der Waals surface area contributed by atoms with E-state index in [0.29, 0.717) is 12.4 Å². The van der Waals surface area contributed by atoms with Crippen LogP contribution in [-0.4, -0.2) is 33.6 Å². The topological polar surface area (TPSA) is 63.3 Å². The van der Waals surface area contributed by atoms with Gasteiger partial charge in [0.25, 0.3) is 0 Å². The van der Waals surface area contributed by atoms with Gasteiger partial charge in [-0.05, 0) is 26.0 Å². The minimum absolute atomic E-state index is 0.0759. The Morgan fingerprint density at radius 1 is 1.55 bits per heavy atom. The van der Waals surface area contributed by atoms with Crippen LogP contribution in [-0.2, 0) is 11.3 Å². The largest absolute Gasteiger partial charge is 0.349 e. The van der Waals surface area contributed by atoms with Crippen molar-refractivity contribution in [1.29, 1.82) is 0 Å². The molecule has 6 nitrogen and oxygen atoms in total. The molecule has 0 aromatic carbocycles. The Balaban J connectivity index is 1.62. The molecule has 3 heterocycles. The zero-order valence-electron chi connectivity index (χ0n) is 11.7. The highest BCUT2D eigenvalue weighted by atomic mass is 16.5. The summed E-state index contributed by atoms with van der Waals surface area (Å²) in [6.07, 6.45) is 2.08. The van der Waals surface area contributed by atoms with Crippen LogP contribution in [0.2, 0.25) is 0 Å². The second-order valence-electron chi connectivity index (χ2n) is 5.15. The number of hydrogen-bond acceptors (Lipinski definition) is 4. The van der Waals surface area contributed by atoms with Gasteiger partial charge in [-0.1, -0.05) is 5.16 Å². The van der Waals surface area contributed by atoms with Crippen molar-refractivity contribution in [2.24, 2.45) is 0 Å². The van der Waals surface area contributed by atoms with Crippen molar-refractivity contribution >= 4 is 11.8 Å². The average molecular weight is 274 g/mol. The molecule has 0 saturated carbocycles. The van der Waals surface area contributed by atoms with Crippen LogP contribution >= 0.6 is 0 Å². The molecular formula is C14H18N4O2. The van der Waals surface area contributed by atoms with Crippen molar-refractivity contribution in [2.75, 3.05) is 18.4 Å². The molecule has 3 rings (SSSR count). The van der Waals surface area contributed by atoms with Crippen LogP contribution in [0.5, 0.6) is 0 Å². The second-order valence-corrected chi connectivity index (χ2v) is 5.15. The molecule has 106 valence electrons. The second kappa shape index (κ2) is 5.13. The zero-order chi connectivity index (χ0) is 14.1. The van der Waals surface area contributed by atoms with Crippen LogP contribution in [0.25, 0.3) is 0 Å². The number of nitrogens with one attached hydrogen (secondary N) is 1. The first kappa shape index (κ1) is 12.9. The predicted molar refractivity (Wildman–Crippen MR) is 74.3 cm³/mol. The first-order valence-corrected chi connectivity index (χ1v) is 6.76. The number of amides is 1. The number of fused-ring (bicyclic) bond motifs is 1. The molecule has 2 aromatic heterocycles. The molecule has 1 unspecified atom stereocenters. The third kappa shape index (κ3) is 2.46. The first-order chi connectivity index (χ1) is 9.63. The number of aromatic nitrogens is 2. The van der Waals surface area contributed by atoms with E-state index in [0.717, 1.165) is 18.8 Å². The van der Waals surface area contributed by atoms with Gasteiger partial charge in [0.05, 0.1) is 12.2 Å². The molecule has 0 aliphatic carbocycles. The molecule has 0 fully saturated rings. The van der Waals surface area contributed by atoms with Gasteiger partial charge in [-0.25, -0.2) is 0 Å². The lowest BCUT2D eigenvalue weighted by molar-refractivity contribution is -0.118. The fraction of sp³-hybridized carbons (Fsp3) is 0.429. The van der Waals surface area contributed by atoms with Gasteiger partial charge >= 0.3 is 0 Å². The Bertz CT molecular complexity index is 616. The van der Waals surface area contributed by atoms with E-state index in [1.165, 1.54) is 5.69 Å². The summed E-state index contributed by atoms with van der Waals surface area (Å²) in [6, 6.07) is 6.10. The predicted octanol–water partition coefficient (Wildman–Crippen LogP) is 1.80. The fourth-order valence-electron chi connectivity index (χ4n) is 2.63. The Morgan fingerprint density at radius 3 is 3.15 bits per heavy atom. The molecular weight excluding hydrogens is 256 g/mol. The van der Waals surface area contributed by atoms with Crippen LogP contribution in [0.15, 0.2) is 28.9 Å². The minimum atomic E-state index is -0.0759. The molecule has 0 bridgehead atoms. The summed E-state index contributed by atoms with van der Waals surface area (Å²) in [4.78, 5) is 14.2. The van der Waals surface area contributed by atoms with Gasteiger partial charge in [0.1, 0.15) is 0 Å². The Labute approximate surface area is 117 Å². The molecule has 1 N–H and O–H groups in total. The number of aryl methyl sites for hydroxylation is 1. The van der Waals surface area contributed by atoms with E-state index in [1.807, 2.05) is 13.0 Å². The number of rotatable bonds is 3. The van der Waals surface area contributed by atoms with Gasteiger partial charge in [-0.2, -0.15) is 0 Å². The molecule has 1 atom stereocenters. The molecule has 0 saturated heterocycles. The normalized spacial score (nSPS) is 18.8. The van der Waals surface area contributed by atoms with Crippen molar-refractivity contribution in [3.63, 3.8) is 0 Å². The molecule has 0 spiro atoms. The monoisotopic (exact) mass is 274 g/mol. The standard InChI is InChI=1S/C14H18N4O2/c1-10-8-14(20-16-10)15-13(19)9-18-7-6-17-5-3-4-12(17)11(18)2/h3-5,8,11H,6-7,9H2,1-2H3,(H,15,19). The van der Waals surface area contributed by atoms with E-state index in [9.17, 15) is 4.79 Å². The minimum Gasteiger partial charge on any atom is -0.349 e. The molecule has 1 aliphatic rings. The first-order valence-electron chi connectivity index (χ1n) is 6.76. The van der Waals surface area contributed by atoms with Crippen LogP contribution in [0.1, 0.15) is 24.4 Å². The lowest BCUT2D eigenvalue weighted by atomic mass is 10.1. The average Bonchev–Trinajstić information content (AvgIpc) is 3.02. The molecule has 20 heavy (non-hydrogen) atoms. The highest BCUT2D eigenvalue weighted by molar-refractivity contribution is 5.91. The highest BCUT2D eigenvalue weighted by Gasteiger charge is 2.25. The smallest absolute Gasteiger partial charge is 0.240 e. The summed E-state index contributed by atoms with van der Waals surface area (Å²) < 4.78 is 7.23. The number of nitrogens with zero attached hydrogens (tertiary/aromatic N) is 3. The van der Waals surface area contributed by atoms with E-state index in [2.05, 4.69) is 39.1 Å². The maximum atomic E-state index is 12.0. The van der Waals surface area contributed by atoms with Crippen molar-refractivity contribution in [2.45, 2.75) is 26.4 Å². The quantitative estimate of drug-likeness (QED) is 0.927. The van der Waals surface area contributed by atoms with Crippen molar-refractivity contribution in [1.82, 2.24) is 14.6 Å². The van der Waals surface area contributed by atoms with E-state index in [-0.39, 0.29) is 11.9 Å². The van der Waals surface area contributed by atoms with E-state index in [1.54, 1.807) is 6.07 Å². The maximum Gasteiger partial charge on any atom is 0.240 e. The van der Waals surface area contributed by atoms with E-state index >= 15 is 0 Å². The van der Waals surface area contributed by atoms with Crippen molar-refractivity contribution in [3.8, 4) is 0 Å². The van der Waals surface area contributed by atoms with Crippen LogP contribution in [0, 0.1) is 6.92 Å². The summed E-state index contributed by atoms with van der Waals surface area (Å²) in [7, 11) is 0. The number of anilines is 1. The lowest BCUT2D eigenvalue weighted by Gasteiger charge is -2.34. The van der Waals surface area contributed by atoms with Crippen molar-refractivity contribution in [3.05, 3.63) is 35.8 Å². The van der Waals surface area contributed by atoms with Crippen molar-refractivity contribution < 1.29 is 9.32 Å². The lowest BCUT2D eigenvalue weighted by Crippen LogP contribution is -2.41. The maximum absolute atomic E-state index is 12.0. The van der Waals surface area contributed by atoms with Crippen LogP contribution < -0.4 is 5.32 Å². The highest BCUT2D eigenvalue weighted by Crippen LogP contribution is 2.24. The summed E-state index contributed by atoms with van der Waals surface area (Å²) in [5.74, 6) is 0.327. The molecule has 0 radical (unpaired) electrons. The summed E-state index contributed by atoms with van der Waals surface area (Å²) >= 11 is 0. The van der Waals surface area contributed by atoms with Crippen LogP contribution in [0.4, 0.5) is 5.88 Å². The van der Waals surface area contributed by atoms with Gasteiger partial charge in [-0.3, -0.25) is 15.0 Å². The SMILES string of the molecule is Cc1cc(NC(=O)CN2CCn3cccc3C2C)on1. The van der Waals surface area contributed by atoms with E-state index < -0.39 is 0 Å². The Kier molecular flexibility index (Phi) is 3.31. The Hall–Kier alpha value is -2.08. The summed E-state index contributed by atoms with van der Waals surface area (Å²) in [6.45, 7) is 6.08. The third-order valence-corrected chi connectivity index (χ3v) is 3.71.